The Morgan fingerprint density at radius 3 is 2.40 bits per heavy atom. The molecule has 2 rings (SSSR count). The molecule has 108 valence electrons. The van der Waals surface area contributed by atoms with Crippen LogP contribution >= 0.6 is 34.5 Å². The summed E-state index contributed by atoms with van der Waals surface area (Å²) in [6, 6.07) is 4.52. The third-order valence-corrected chi connectivity index (χ3v) is 5.86. The smallest absolute Gasteiger partial charge is 0.263 e. The van der Waals surface area contributed by atoms with Gasteiger partial charge in [0.2, 0.25) is 0 Å². The number of anilines is 1. The zero-order valence-electron chi connectivity index (χ0n) is 10.5. The topological polar surface area (TPSA) is 72.2 Å². The first kappa shape index (κ1) is 15.6. The fourth-order valence-electron chi connectivity index (χ4n) is 1.81. The van der Waals surface area contributed by atoms with Crippen molar-refractivity contribution in [2.45, 2.75) is 18.4 Å². The third kappa shape index (κ3) is 3.27. The number of sulfonamides is 1. The number of hydrogen-bond acceptors (Lipinski definition) is 4. The lowest BCUT2D eigenvalue weighted by atomic mass is 10.3. The van der Waals surface area contributed by atoms with Gasteiger partial charge in [-0.05, 0) is 36.1 Å². The molecule has 1 heterocycles. The summed E-state index contributed by atoms with van der Waals surface area (Å²) in [5.74, 6) is 0. The van der Waals surface area contributed by atoms with Gasteiger partial charge >= 0.3 is 0 Å². The van der Waals surface area contributed by atoms with E-state index in [-0.39, 0.29) is 11.4 Å². The highest BCUT2D eigenvalue weighted by atomic mass is 35.5. The Labute approximate surface area is 131 Å². The molecular weight excluding hydrogens is 339 g/mol. The van der Waals surface area contributed by atoms with Crippen molar-refractivity contribution in [3.05, 3.63) is 44.1 Å². The van der Waals surface area contributed by atoms with Crippen LogP contribution in [0.25, 0.3) is 0 Å². The molecule has 0 aliphatic heterocycles. The molecule has 0 amide bonds. The molecule has 1 aromatic carbocycles. The van der Waals surface area contributed by atoms with Gasteiger partial charge in [0.15, 0.2) is 0 Å². The van der Waals surface area contributed by atoms with Gasteiger partial charge in [0.25, 0.3) is 10.0 Å². The van der Waals surface area contributed by atoms with Crippen LogP contribution in [0.1, 0.15) is 10.4 Å². The molecule has 4 nitrogen and oxygen atoms in total. The standard InChI is InChI=1S/C12H12Cl2N2O2S2/c1-7-6-19-11(5-15)12(7)20(17,18)16-10-3-8(13)2-9(14)4-10/h2-4,6,16H,5,15H2,1H3. The SMILES string of the molecule is Cc1csc(CN)c1S(=O)(=O)Nc1cc(Cl)cc(Cl)c1. The lowest BCUT2D eigenvalue weighted by Crippen LogP contribution is -2.15. The van der Waals surface area contributed by atoms with E-state index in [9.17, 15) is 8.42 Å². The number of nitrogens with two attached hydrogens (primary N) is 1. The monoisotopic (exact) mass is 350 g/mol. The number of benzene rings is 1. The minimum atomic E-state index is -3.71. The molecule has 0 aliphatic carbocycles. The number of thiophene rings is 1. The van der Waals surface area contributed by atoms with E-state index in [1.165, 1.54) is 29.5 Å². The van der Waals surface area contributed by atoms with Gasteiger partial charge in [-0.3, -0.25) is 4.72 Å². The second-order valence-electron chi connectivity index (χ2n) is 4.14. The predicted molar refractivity (Wildman–Crippen MR) is 84.2 cm³/mol. The fraction of sp³-hybridized carbons (Fsp3) is 0.167. The first-order chi connectivity index (χ1) is 9.33. The molecule has 0 saturated heterocycles. The second-order valence-corrected chi connectivity index (χ2v) is 7.60. The van der Waals surface area contributed by atoms with E-state index < -0.39 is 10.0 Å². The Hall–Kier alpha value is -0.790. The van der Waals surface area contributed by atoms with Crippen molar-refractivity contribution in [1.82, 2.24) is 0 Å². The molecule has 20 heavy (non-hydrogen) atoms. The van der Waals surface area contributed by atoms with Gasteiger partial charge in [0.1, 0.15) is 4.90 Å². The van der Waals surface area contributed by atoms with Gasteiger partial charge in [-0.25, -0.2) is 8.42 Å². The summed E-state index contributed by atoms with van der Waals surface area (Å²) in [7, 11) is -3.71. The van der Waals surface area contributed by atoms with Crippen molar-refractivity contribution in [1.29, 1.82) is 0 Å². The highest BCUT2D eigenvalue weighted by Gasteiger charge is 2.22. The first-order valence-corrected chi connectivity index (χ1v) is 8.71. The van der Waals surface area contributed by atoms with Gasteiger partial charge < -0.3 is 5.73 Å². The van der Waals surface area contributed by atoms with Crippen molar-refractivity contribution in [2.75, 3.05) is 4.72 Å². The molecule has 0 atom stereocenters. The van der Waals surface area contributed by atoms with Crippen LogP contribution in [-0.2, 0) is 16.6 Å². The van der Waals surface area contributed by atoms with E-state index in [0.717, 1.165) is 0 Å². The van der Waals surface area contributed by atoms with Gasteiger partial charge in [0.05, 0.1) is 5.69 Å². The fourth-order valence-corrected chi connectivity index (χ4v) is 5.08. The predicted octanol–water partition coefficient (Wildman–Crippen LogP) is 3.62. The maximum absolute atomic E-state index is 12.4. The van der Waals surface area contributed by atoms with Gasteiger partial charge in [0, 0.05) is 21.5 Å². The number of aryl methyl sites for hydroxylation is 1. The van der Waals surface area contributed by atoms with E-state index in [0.29, 0.717) is 26.2 Å². The van der Waals surface area contributed by atoms with Crippen molar-refractivity contribution in [3.63, 3.8) is 0 Å². The summed E-state index contributed by atoms with van der Waals surface area (Å²) in [5.41, 5.74) is 6.56. The molecule has 0 unspecified atom stereocenters. The molecule has 8 heteroatoms. The van der Waals surface area contributed by atoms with Gasteiger partial charge in [-0.15, -0.1) is 11.3 Å². The largest absolute Gasteiger partial charge is 0.326 e. The van der Waals surface area contributed by atoms with E-state index in [2.05, 4.69) is 4.72 Å². The average Bonchev–Trinajstić information content (AvgIpc) is 2.69. The third-order valence-electron chi connectivity index (χ3n) is 2.56. The Morgan fingerprint density at radius 1 is 1.25 bits per heavy atom. The molecular formula is C12H12Cl2N2O2S2. The molecule has 0 bridgehead atoms. The molecule has 0 fully saturated rings. The van der Waals surface area contributed by atoms with Crippen LogP contribution in [0.3, 0.4) is 0 Å². The summed E-state index contributed by atoms with van der Waals surface area (Å²) in [5, 5.41) is 2.48. The van der Waals surface area contributed by atoms with Crippen molar-refractivity contribution in [3.8, 4) is 0 Å². The zero-order chi connectivity index (χ0) is 14.9. The van der Waals surface area contributed by atoms with Crippen LogP contribution in [-0.4, -0.2) is 8.42 Å². The van der Waals surface area contributed by atoms with Crippen LogP contribution in [0.4, 0.5) is 5.69 Å². The Kier molecular flexibility index (Phi) is 4.61. The molecule has 3 N–H and O–H groups in total. The van der Waals surface area contributed by atoms with Crippen LogP contribution in [0.2, 0.25) is 10.0 Å². The van der Waals surface area contributed by atoms with Crippen molar-refractivity contribution < 1.29 is 8.42 Å². The minimum absolute atomic E-state index is 0.172. The molecule has 0 saturated carbocycles. The van der Waals surface area contributed by atoms with Gasteiger partial charge in [-0.2, -0.15) is 0 Å². The lowest BCUT2D eigenvalue weighted by molar-refractivity contribution is 0.600. The van der Waals surface area contributed by atoms with E-state index in [1.807, 2.05) is 0 Å². The molecule has 0 spiro atoms. The van der Waals surface area contributed by atoms with Crippen molar-refractivity contribution >= 4 is 50.2 Å². The lowest BCUT2D eigenvalue weighted by Gasteiger charge is -2.10. The number of hydrogen-bond donors (Lipinski definition) is 2. The minimum Gasteiger partial charge on any atom is -0.326 e. The van der Waals surface area contributed by atoms with E-state index in [4.69, 9.17) is 28.9 Å². The summed E-state index contributed by atoms with van der Waals surface area (Å²) in [6.07, 6.45) is 0. The van der Waals surface area contributed by atoms with E-state index in [1.54, 1.807) is 12.3 Å². The molecule has 1 aromatic heterocycles. The molecule has 0 aliphatic rings. The zero-order valence-corrected chi connectivity index (χ0v) is 13.6. The summed E-state index contributed by atoms with van der Waals surface area (Å²) >= 11 is 13.0. The Bertz CT molecular complexity index is 722. The number of halogens is 2. The van der Waals surface area contributed by atoms with Crippen LogP contribution < -0.4 is 10.5 Å². The normalized spacial score (nSPS) is 11.6. The Balaban J connectivity index is 2.43. The summed E-state index contributed by atoms with van der Waals surface area (Å²) in [6.45, 7) is 1.90. The van der Waals surface area contributed by atoms with Crippen molar-refractivity contribution in [2.24, 2.45) is 5.73 Å². The first-order valence-electron chi connectivity index (χ1n) is 5.59. The summed E-state index contributed by atoms with van der Waals surface area (Å²) < 4.78 is 27.4. The van der Waals surface area contributed by atoms with Gasteiger partial charge in [-0.1, -0.05) is 23.2 Å². The quantitative estimate of drug-likeness (QED) is 0.884. The average molecular weight is 351 g/mol. The number of nitrogens with one attached hydrogen (secondary N) is 1. The maximum Gasteiger partial charge on any atom is 0.263 e. The number of rotatable bonds is 4. The van der Waals surface area contributed by atoms with Crippen LogP contribution in [0, 0.1) is 6.92 Å². The maximum atomic E-state index is 12.4. The summed E-state index contributed by atoms with van der Waals surface area (Å²) in [4.78, 5) is 0.837. The second kappa shape index (κ2) is 5.91. The highest BCUT2D eigenvalue weighted by Crippen LogP contribution is 2.30. The Morgan fingerprint density at radius 2 is 1.85 bits per heavy atom. The molecule has 0 radical (unpaired) electrons. The van der Waals surface area contributed by atoms with Crippen LogP contribution in [0.15, 0.2) is 28.5 Å². The van der Waals surface area contributed by atoms with Crippen LogP contribution in [0.5, 0.6) is 0 Å². The highest BCUT2D eigenvalue weighted by molar-refractivity contribution is 7.93. The molecule has 2 aromatic rings. The van der Waals surface area contributed by atoms with E-state index >= 15 is 0 Å².